The Bertz CT molecular complexity index is 532. The molecule has 2 aromatic carbocycles. The molecule has 0 saturated carbocycles. The number of ketones is 1. The van der Waals surface area contributed by atoms with Crippen molar-refractivity contribution in [3.8, 4) is 5.75 Å². The third-order valence-corrected chi connectivity index (χ3v) is 3.00. The summed E-state index contributed by atoms with van der Waals surface area (Å²) in [6.45, 7) is 1.89. The van der Waals surface area contributed by atoms with Crippen LogP contribution in [0.25, 0.3) is 0 Å². The second-order valence-corrected chi connectivity index (χ2v) is 4.47. The summed E-state index contributed by atoms with van der Waals surface area (Å²) in [6, 6.07) is 16.6. The lowest BCUT2D eigenvalue weighted by atomic mass is 9.92. The zero-order chi connectivity index (χ0) is 13.0. The number of aromatic hydroxyl groups is 1. The summed E-state index contributed by atoms with van der Waals surface area (Å²) in [5, 5.41) is 9.68. The number of hydrogen-bond donors (Lipinski definition) is 1. The molecule has 0 fully saturated rings. The lowest BCUT2D eigenvalue weighted by Gasteiger charge is -2.11. The quantitative estimate of drug-likeness (QED) is 0.831. The number of rotatable bonds is 4. The van der Waals surface area contributed by atoms with Crippen molar-refractivity contribution < 1.29 is 9.90 Å². The second kappa shape index (κ2) is 5.50. The fourth-order valence-electron chi connectivity index (χ4n) is 2.01. The Morgan fingerprint density at radius 2 is 1.67 bits per heavy atom. The van der Waals surface area contributed by atoms with Crippen LogP contribution in [-0.2, 0) is 6.42 Å². The lowest BCUT2D eigenvalue weighted by molar-refractivity contribution is 0.0926. The van der Waals surface area contributed by atoms with Gasteiger partial charge in [-0.1, -0.05) is 49.4 Å². The first-order chi connectivity index (χ1) is 8.68. The molecule has 1 unspecified atom stereocenters. The number of carbonyl (C=O) groups is 1. The van der Waals surface area contributed by atoms with Gasteiger partial charge in [-0.15, -0.1) is 0 Å². The lowest BCUT2D eigenvalue weighted by Crippen LogP contribution is -2.14. The molecule has 0 aliphatic carbocycles. The fourth-order valence-corrected chi connectivity index (χ4v) is 2.01. The molecule has 1 atom stereocenters. The predicted molar refractivity (Wildman–Crippen MR) is 71.7 cm³/mol. The molecule has 0 amide bonds. The summed E-state index contributed by atoms with van der Waals surface area (Å²) in [7, 11) is 0. The normalized spacial score (nSPS) is 12.1. The number of benzene rings is 2. The molecular weight excluding hydrogens is 224 g/mol. The number of hydrogen-bond acceptors (Lipinski definition) is 2. The van der Waals surface area contributed by atoms with Crippen molar-refractivity contribution in [3.05, 3.63) is 65.7 Å². The van der Waals surface area contributed by atoms with Gasteiger partial charge in [0, 0.05) is 5.92 Å². The van der Waals surface area contributed by atoms with E-state index < -0.39 is 0 Å². The molecule has 92 valence electrons. The van der Waals surface area contributed by atoms with Gasteiger partial charge in [-0.05, 0) is 24.1 Å². The average Bonchev–Trinajstić information content (AvgIpc) is 2.39. The van der Waals surface area contributed by atoms with Crippen LogP contribution in [0.4, 0.5) is 0 Å². The van der Waals surface area contributed by atoms with Gasteiger partial charge in [0.2, 0.25) is 0 Å². The van der Waals surface area contributed by atoms with Gasteiger partial charge in [-0.25, -0.2) is 0 Å². The highest BCUT2D eigenvalue weighted by Crippen LogP contribution is 2.21. The summed E-state index contributed by atoms with van der Waals surface area (Å²) in [6.07, 6.45) is 0.688. The molecule has 2 aromatic rings. The molecular formula is C16H16O2. The van der Waals surface area contributed by atoms with Crippen LogP contribution < -0.4 is 0 Å². The topological polar surface area (TPSA) is 37.3 Å². The summed E-state index contributed by atoms with van der Waals surface area (Å²) >= 11 is 0. The Labute approximate surface area is 107 Å². The Morgan fingerprint density at radius 1 is 1.06 bits per heavy atom. The van der Waals surface area contributed by atoms with Crippen molar-refractivity contribution >= 4 is 5.78 Å². The van der Waals surface area contributed by atoms with Gasteiger partial charge >= 0.3 is 0 Å². The van der Waals surface area contributed by atoms with Gasteiger partial charge in [0.05, 0.1) is 5.56 Å². The molecule has 0 aliphatic heterocycles. The van der Waals surface area contributed by atoms with Crippen LogP contribution in [0.15, 0.2) is 54.6 Å². The number of carbonyl (C=O) groups excluding carboxylic acids is 1. The Hall–Kier alpha value is -2.09. The number of para-hydroxylation sites is 1. The van der Waals surface area contributed by atoms with Gasteiger partial charge < -0.3 is 5.11 Å². The molecule has 2 nitrogen and oxygen atoms in total. The van der Waals surface area contributed by atoms with E-state index >= 15 is 0 Å². The number of phenolic OH excluding ortho intramolecular Hbond substituents is 1. The van der Waals surface area contributed by atoms with Crippen molar-refractivity contribution in [1.82, 2.24) is 0 Å². The van der Waals surface area contributed by atoms with Crippen molar-refractivity contribution in [2.75, 3.05) is 0 Å². The molecule has 0 saturated heterocycles. The molecule has 0 spiro atoms. The Balaban J connectivity index is 2.13. The first-order valence-electron chi connectivity index (χ1n) is 6.04. The van der Waals surface area contributed by atoms with Crippen LogP contribution in [0.3, 0.4) is 0 Å². The maximum absolute atomic E-state index is 12.2. The second-order valence-electron chi connectivity index (χ2n) is 4.47. The minimum atomic E-state index is -0.138. The Kier molecular flexibility index (Phi) is 3.78. The highest BCUT2D eigenvalue weighted by molar-refractivity contribution is 6.00. The third-order valence-electron chi connectivity index (χ3n) is 3.00. The highest BCUT2D eigenvalue weighted by atomic mass is 16.3. The van der Waals surface area contributed by atoms with E-state index in [2.05, 4.69) is 0 Å². The molecule has 0 heterocycles. The van der Waals surface area contributed by atoms with E-state index in [1.165, 1.54) is 0 Å². The van der Waals surface area contributed by atoms with Crippen molar-refractivity contribution in [2.45, 2.75) is 13.3 Å². The standard InChI is InChI=1S/C16H16O2/c1-12(11-13-7-3-2-4-8-13)16(18)14-9-5-6-10-15(14)17/h2-10,12,17H,11H2,1H3. The zero-order valence-corrected chi connectivity index (χ0v) is 10.3. The van der Waals surface area contributed by atoms with Crippen LogP contribution in [0, 0.1) is 5.92 Å². The molecule has 2 heteroatoms. The molecule has 0 bridgehead atoms. The third kappa shape index (κ3) is 2.77. The summed E-state index contributed by atoms with van der Waals surface area (Å²) in [4.78, 5) is 12.2. The first-order valence-corrected chi connectivity index (χ1v) is 6.04. The van der Waals surface area contributed by atoms with E-state index in [4.69, 9.17) is 0 Å². The Morgan fingerprint density at radius 3 is 2.33 bits per heavy atom. The van der Waals surface area contributed by atoms with Gasteiger partial charge in [0.15, 0.2) is 5.78 Å². The monoisotopic (exact) mass is 240 g/mol. The van der Waals surface area contributed by atoms with E-state index in [0.29, 0.717) is 12.0 Å². The van der Waals surface area contributed by atoms with E-state index in [1.54, 1.807) is 24.3 Å². The number of phenols is 1. The van der Waals surface area contributed by atoms with Gasteiger partial charge in [0.25, 0.3) is 0 Å². The zero-order valence-electron chi connectivity index (χ0n) is 10.3. The molecule has 0 radical (unpaired) electrons. The van der Waals surface area contributed by atoms with E-state index in [-0.39, 0.29) is 17.5 Å². The minimum absolute atomic E-state index is 0.0167. The summed E-state index contributed by atoms with van der Waals surface area (Å²) in [5.74, 6) is -0.0972. The fraction of sp³-hybridized carbons (Fsp3) is 0.188. The first kappa shape index (κ1) is 12.4. The van der Waals surface area contributed by atoms with Crippen LogP contribution in [0.5, 0.6) is 5.75 Å². The van der Waals surface area contributed by atoms with Crippen molar-refractivity contribution in [2.24, 2.45) is 5.92 Å². The maximum Gasteiger partial charge on any atom is 0.169 e. The summed E-state index contributed by atoms with van der Waals surface area (Å²) < 4.78 is 0. The smallest absolute Gasteiger partial charge is 0.169 e. The van der Waals surface area contributed by atoms with E-state index in [9.17, 15) is 9.90 Å². The van der Waals surface area contributed by atoms with E-state index in [1.807, 2.05) is 37.3 Å². The molecule has 0 aromatic heterocycles. The molecule has 0 aliphatic rings. The summed E-state index contributed by atoms with van der Waals surface area (Å²) in [5.41, 5.74) is 1.54. The van der Waals surface area contributed by atoms with Gasteiger partial charge in [0.1, 0.15) is 5.75 Å². The van der Waals surface area contributed by atoms with Crippen LogP contribution in [-0.4, -0.2) is 10.9 Å². The maximum atomic E-state index is 12.2. The average molecular weight is 240 g/mol. The number of Topliss-reactive ketones (excluding diaryl/α,β-unsaturated/α-hetero) is 1. The molecule has 2 rings (SSSR count). The van der Waals surface area contributed by atoms with E-state index in [0.717, 1.165) is 5.56 Å². The van der Waals surface area contributed by atoms with Crippen molar-refractivity contribution in [3.63, 3.8) is 0 Å². The highest BCUT2D eigenvalue weighted by Gasteiger charge is 2.18. The van der Waals surface area contributed by atoms with Gasteiger partial charge in [-0.2, -0.15) is 0 Å². The van der Waals surface area contributed by atoms with Gasteiger partial charge in [-0.3, -0.25) is 4.79 Å². The largest absolute Gasteiger partial charge is 0.507 e. The van der Waals surface area contributed by atoms with Crippen LogP contribution >= 0.6 is 0 Å². The van der Waals surface area contributed by atoms with Crippen LogP contribution in [0.2, 0.25) is 0 Å². The van der Waals surface area contributed by atoms with Crippen LogP contribution in [0.1, 0.15) is 22.8 Å². The molecule has 1 N–H and O–H groups in total. The minimum Gasteiger partial charge on any atom is -0.507 e. The molecule has 18 heavy (non-hydrogen) atoms. The SMILES string of the molecule is CC(Cc1ccccc1)C(=O)c1ccccc1O. The predicted octanol–water partition coefficient (Wildman–Crippen LogP) is 3.45. The van der Waals surface area contributed by atoms with Crippen molar-refractivity contribution in [1.29, 1.82) is 0 Å².